The van der Waals surface area contributed by atoms with Gasteiger partial charge in [0.05, 0.1) is 12.1 Å². The van der Waals surface area contributed by atoms with E-state index in [0.29, 0.717) is 18.8 Å². The number of aliphatic carboxylic acids is 1. The van der Waals surface area contributed by atoms with Crippen molar-refractivity contribution in [2.24, 2.45) is 4.99 Å². The molecule has 3 rings (SSSR count). The Labute approximate surface area is 168 Å². The molecule has 0 saturated carbocycles. The Kier molecular flexibility index (Phi) is 6.86. The first-order valence-electron chi connectivity index (χ1n) is 9.72. The molecule has 0 radical (unpaired) electrons. The Morgan fingerprint density at radius 3 is 2.72 bits per heavy atom. The molecule has 1 saturated heterocycles. The Bertz CT molecular complexity index is 780. The second-order valence-electron chi connectivity index (χ2n) is 7.17. The molecule has 2 aliphatic heterocycles. The van der Waals surface area contributed by atoms with Crippen molar-refractivity contribution in [3.05, 3.63) is 29.6 Å². The van der Waals surface area contributed by atoms with E-state index >= 15 is 0 Å². The van der Waals surface area contributed by atoms with Crippen molar-refractivity contribution in [1.82, 2.24) is 16.0 Å². The summed E-state index contributed by atoms with van der Waals surface area (Å²) in [5, 5.41) is 26.9. The van der Waals surface area contributed by atoms with Crippen LogP contribution >= 0.6 is 0 Å². The lowest BCUT2D eigenvalue weighted by molar-refractivity contribution is -0.139. The first-order chi connectivity index (χ1) is 13.9. The standard InChI is InChI=1S/C19H26FN5O4/c20-14-10-12(18(29)24-16(26)11-17(27)28)2-3-15(14)25-8-4-13(5-9-25)23-19-21-6-1-7-22-19/h2-3,10,13,16,26H,1,4-9,11H2,(H,24,29)(H,27,28)(H2,21,22,23). The van der Waals surface area contributed by atoms with Gasteiger partial charge in [-0.05, 0) is 37.5 Å². The molecule has 9 nitrogen and oxygen atoms in total. The summed E-state index contributed by atoms with van der Waals surface area (Å²) in [5.41, 5.74) is 0.438. The fraction of sp³-hybridized carbons (Fsp3) is 0.526. The number of nitrogens with zero attached hydrogens (tertiary/aromatic N) is 2. The van der Waals surface area contributed by atoms with Gasteiger partial charge in [-0.15, -0.1) is 0 Å². The molecule has 1 atom stereocenters. The van der Waals surface area contributed by atoms with E-state index < -0.39 is 30.3 Å². The largest absolute Gasteiger partial charge is 0.481 e. The number of hydrogen-bond donors (Lipinski definition) is 5. The number of amides is 1. The number of hydrogen-bond acceptors (Lipinski definition) is 7. The number of guanidine groups is 1. The molecule has 1 unspecified atom stereocenters. The van der Waals surface area contributed by atoms with Gasteiger partial charge < -0.3 is 31.1 Å². The van der Waals surface area contributed by atoms with Crippen LogP contribution in [0.2, 0.25) is 0 Å². The number of halogens is 1. The molecule has 0 bridgehead atoms. The normalized spacial score (nSPS) is 18.4. The van der Waals surface area contributed by atoms with Crippen molar-refractivity contribution >= 4 is 23.5 Å². The van der Waals surface area contributed by atoms with Crippen molar-refractivity contribution in [2.45, 2.75) is 38.0 Å². The minimum Gasteiger partial charge on any atom is -0.481 e. The van der Waals surface area contributed by atoms with Crippen LogP contribution in [-0.4, -0.2) is 66.5 Å². The van der Waals surface area contributed by atoms with Gasteiger partial charge >= 0.3 is 5.97 Å². The lowest BCUT2D eigenvalue weighted by Crippen LogP contribution is -2.50. The smallest absolute Gasteiger partial charge is 0.307 e. The van der Waals surface area contributed by atoms with E-state index in [9.17, 15) is 19.1 Å². The van der Waals surface area contributed by atoms with Crippen LogP contribution < -0.4 is 20.9 Å². The lowest BCUT2D eigenvalue weighted by Gasteiger charge is -2.35. The van der Waals surface area contributed by atoms with Crippen molar-refractivity contribution < 1.29 is 24.2 Å². The summed E-state index contributed by atoms with van der Waals surface area (Å²) in [6.45, 7) is 3.09. The van der Waals surface area contributed by atoms with Crippen LogP contribution in [0.1, 0.15) is 36.0 Å². The third-order valence-corrected chi connectivity index (χ3v) is 4.95. The van der Waals surface area contributed by atoms with Crippen molar-refractivity contribution in [3.63, 3.8) is 0 Å². The summed E-state index contributed by atoms with van der Waals surface area (Å²) in [6, 6.07) is 4.38. The topological polar surface area (TPSA) is 126 Å². The highest BCUT2D eigenvalue weighted by Gasteiger charge is 2.23. The lowest BCUT2D eigenvalue weighted by atomic mass is 10.0. The summed E-state index contributed by atoms with van der Waals surface area (Å²) in [5.74, 6) is -1.67. The Balaban J connectivity index is 1.54. The summed E-state index contributed by atoms with van der Waals surface area (Å²) in [4.78, 5) is 28.9. The van der Waals surface area contributed by atoms with Crippen LogP contribution in [0.15, 0.2) is 23.2 Å². The highest BCUT2D eigenvalue weighted by Crippen LogP contribution is 2.24. The van der Waals surface area contributed by atoms with Gasteiger partial charge in [-0.2, -0.15) is 0 Å². The maximum atomic E-state index is 14.6. The van der Waals surface area contributed by atoms with E-state index in [1.165, 1.54) is 12.1 Å². The zero-order valence-corrected chi connectivity index (χ0v) is 16.0. The molecular formula is C19H26FN5O4. The molecule has 29 heavy (non-hydrogen) atoms. The molecule has 10 heteroatoms. The van der Waals surface area contributed by atoms with Gasteiger partial charge in [0.2, 0.25) is 0 Å². The summed E-state index contributed by atoms with van der Waals surface area (Å²) >= 11 is 0. The molecule has 158 valence electrons. The van der Waals surface area contributed by atoms with Crippen LogP contribution in [0, 0.1) is 5.82 Å². The Hall–Kier alpha value is -2.88. The fourth-order valence-electron chi connectivity index (χ4n) is 3.44. The average molecular weight is 407 g/mol. The van der Waals surface area contributed by atoms with Crippen molar-refractivity contribution in [2.75, 3.05) is 31.1 Å². The van der Waals surface area contributed by atoms with E-state index in [1.54, 1.807) is 0 Å². The number of rotatable bonds is 6. The second kappa shape index (κ2) is 9.55. The minimum atomic E-state index is -1.53. The van der Waals surface area contributed by atoms with Crippen LogP contribution in [0.25, 0.3) is 0 Å². The molecule has 1 amide bonds. The number of carboxylic acid groups (broad SMARTS) is 1. The Morgan fingerprint density at radius 1 is 1.34 bits per heavy atom. The number of aliphatic hydroxyl groups is 1. The van der Waals surface area contributed by atoms with E-state index in [-0.39, 0.29) is 11.6 Å². The average Bonchev–Trinajstić information content (AvgIpc) is 2.69. The van der Waals surface area contributed by atoms with Crippen LogP contribution in [0.5, 0.6) is 0 Å². The number of carbonyl (C=O) groups excluding carboxylic acids is 1. The monoisotopic (exact) mass is 407 g/mol. The molecule has 1 aromatic rings. The molecule has 1 aromatic carbocycles. The number of benzene rings is 1. The number of carboxylic acids is 1. The summed E-state index contributed by atoms with van der Waals surface area (Å²) in [6.07, 6.45) is 0.553. The third kappa shape index (κ3) is 5.80. The van der Waals surface area contributed by atoms with Gasteiger partial charge in [0.15, 0.2) is 5.96 Å². The van der Waals surface area contributed by atoms with E-state index in [1.807, 2.05) is 4.90 Å². The molecule has 0 aromatic heterocycles. The predicted octanol–water partition coefficient (Wildman–Crippen LogP) is 0.256. The maximum absolute atomic E-state index is 14.6. The highest BCUT2D eigenvalue weighted by molar-refractivity contribution is 5.95. The number of anilines is 1. The summed E-state index contributed by atoms with van der Waals surface area (Å²) < 4.78 is 14.6. The van der Waals surface area contributed by atoms with Crippen LogP contribution in [-0.2, 0) is 4.79 Å². The van der Waals surface area contributed by atoms with Crippen molar-refractivity contribution in [3.8, 4) is 0 Å². The maximum Gasteiger partial charge on any atom is 0.307 e. The molecule has 0 spiro atoms. The first kappa shape index (κ1) is 20.8. The molecular weight excluding hydrogens is 381 g/mol. The number of piperidine rings is 1. The highest BCUT2D eigenvalue weighted by atomic mass is 19.1. The van der Waals surface area contributed by atoms with Gasteiger partial charge in [-0.25, -0.2) is 4.39 Å². The number of aliphatic hydroxyl groups excluding tert-OH is 1. The van der Waals surface area contributed by atoms with Crippen molar-refractivity contribution in [1.29, 1.82) is 0 Å². The Morgan fingerprint density at radius 2 is 2.10 bits per heavy atom. The fourth-order valence-corrected chi connectivity index (χ4v) is 3.44. The zero-order chi connectivity index (χ0) is 20.8. The molecule has 2 heterocycles. The number of aliphatic imine (C=N–C) groups is 1. The molecule has 1 fully saturated rings. The van der Waals surface area contributed by atoms with Gasteiger partial charge in [0, 0.05) is 37.8 Å². The van der Waals surface area contributed by atoms with Gasteiger partial charge in [-0.1, -0.05) is 0 Å². The first-order valence-corrected chi connectivity index (χ1v) is 9.72. The SMILES string of the molecule is O=C(O)CC(O)NC(=O)c1ccc(N2CCC(NC3=NCCCN3)CC2)c(F)c1. The molecule has 5 N–H and O–H groups in total. The van der Waals surface area contributed by atoms with Gasteiger partial charge in [-0.3, -0.25) is 14.6 Å². The van der Waals surface area contributed by atoms with E-state index in [2.05, 4.69) is 20.9 Å². The second-order valence-corrected chi connectivity index (χ2v) is 7.17. The van der Waals surface area contributed by atoms with Gasteiger partial charge in [0.25, 0.3) is 5.91 Å². The molecule has 0 aliphatic carbocycles. The summed E-state index contributed by atoms with van der Waals surface area (Å²) in [7, 11) is 0. The third-order valence-electron chi connectivity index (χ3n) is 4.95. The number of nitrogens with one attached hydrogen (secondary N) is 3. The molecule has 2 aliphatic rings. The van der Waals surface area contributed by atoms with E-state index in [0.717, 1.165) is 44.4 Å². The minimum absolute atomic E-state index is 0.0219. The zero-order valence-electron chi connectivity index (χ0n) is 16.0. The van der Waals surface area contributed by atoms with Crippen LogP contribution in [0.4, 0.5) is 10.1 Å². The number of carbonyl (C=O) groups is 2. The quantitative estimate of drug-likeness (QED) is 0.428. The predicted molar refractivity (Wildman–Crippen MR) is 105 cm³/mol. The van der Waals surface area contributed by atoms with Gasteiger partial charge in [0.1, 0.15) is 12.0 Å². The van der Waals surface area contributed by atoms with Crippen LogP contribution in [0.3, 0.4) is 0 Å². The van der Waals surface area contributed by atoms with E-state index in [4.69, 9.17) is 5.11 Å².